The summed E-state index contributed by atoms with van der Waals surface area (Å²) in [6, 6.07) is 2.56. The maximum absolute atomic E-state index is 12.2. The van der Waals surface area contributed by atoms with Crippen LogP contribution in [-0.4, -0.2) is 39.5 Å². The fourth-order valence-corrected chi connectivity index (χ4v) is 2.44. The van der Waals surface area contributed by atoms with Crippen LogP contribution in [0.25, 0.3) is 0 Å². The summed E-state index contributed by atoms with van der Waals surface area (Å²) in [5, 5.41) is 9.17. The highest BCUT2D eigenvalue weighted by Crippen LogP contribution is 2.25. The Labute approximate surface area is 113 Å². The van der Waals surface area contributed by atoms with Gasteiger partial charge in [-0.15, -0.1) is 0 Å². The Morgan fingerprint density at radius 1 is 1.50 bits per heavy atom. The third-order valence-corrected chi connectivity index (χ3v) is 3.63. The van der Waals surface area contributed by atoms with Gasteiger partial charge in [0.2, 0.25) is 0 Å². The SMILES string of the molecule is CC1CCN(C(=O)c2ccc(Br)cn2)C1C(=O)O. The fraction of sp³-hybridized carbons (Fsp3) is 0.417. The van der Waals surface area contributed by atoms with E-state index in [9.17, 15) is 14.7 Å². The minimum atomic E-state index is -0.953. The van der Waals surface area contributed by atoms with Gasteiger partial charge in [0.15, 0.2) is 0 Å². The molecule has 18 heavy (non-hydrogen) atoms. The van der Waals surface area contributed by atoms with Crippen molar-refractivity contribution >= 4 is 27.8 Å². The van der Waals surface area contributed by atoms with Gasteiger partial charge in [-0.2, -0.15) is 0 Å². The third-order valence-electron chi connectivity index (χ3n) is 3.16. The number of carbonyl (C=O) groups is 2. The zero-order valence-corrected chi connectivity index (χ0v) is 11.4. The van der Waals surface area contributed by atoms with Gasteiger partial charge in [-0.3, -0.25) is 4.79 Å². The first-order valence-electron chi connectivity index (χ1n) is 5.66. The molecule has 5 nitrogen and oxygen atoms in total. The van der Waals surface area contributed by atoms with Crippen molar-refractivity contribution in [3.8, 4) is 0 Å². The topological polar surface area (TPSA) is 70.5 Å². The minimum absolute atomic E-state index is 0.0260. The van der Waals surface area contributed by atoms with Gasteiger partial charge in [0.1, 0.15) is 11.7 Å². The quantitative estimate of drug-likeness (QED) is 0.903. The van der Waals surface area contributed by atoms with E-state index in [4.69, 9.17) is 0 Å². The molecule has 1 fully saturated rings. The van der Waals surface area contributed by atoms with E-state index < -0.39 is 12.0 Å². The molecule has 2 rings (SSSR count). The Morgan fingerprint density at radius 3 is 2.78 bits per heavy atom. The fourth-order valence-electron chi connectivity index (χ4n) is 2.20. The zero-order valence-electron chi connectivity index (χ0n) is 9.84. The number of rotatable bonds is 2. The van der Waals surface area contributed by atoms with E-state index in [1.807, 2.05) is 6.92 Å². The molecule has 0 aromatic carbocycles. The molecule has 1 aromatic heterocycles. The molecule has 96 valence electrons. The van der Waals surface area contributed by atoms with E-state index in [-0.39, 0.29) is 17.5 Å². The van der Waals surface area contributed by atoms with Crippen molar-refractivity contribution in [2.45, 2.75) is 19.4 Å². The van der Waals surface area contributed by atoms with Crippen molar-refractivity contribution in [2.24, 2.45) is 5.92 Å². The van der Waals surface area contributed by atoms with Crippen molar-refractivity contribution in [3.05, 3.63) is 28.5 Å². The summed E-state index contributed by atoms with van der Waals surface area (Å²) in [7, 11) is 0. The maximum Gasteiger partial charge on any atom is 0.326 e. The van der Waals surface area contributed by atoms with Crippen LogP contribution in [0.15, 0.2) is 22.8 Å². The van der Waals surface area contributed by atoms with Crippen LogP contribution in [0.4, 0.5) is 0 Å². The van der Waals surface area contributed by atoms with Crippen molar-refractivity contribution in [1.29, 1.82) is 0 Å². The molecule has 0 aliphatic carbocycles. The summed E-state index contributed by atoms with van der Waals surface area (Å²) >= 11 is 3.24. The first kappa shape index (κ1) is 13.0. The summed E-state index contributed by atoms with van der Waals surface area (Å²) in [5.74, 6) is -1.30. The Bertz CT molecular complexity index is 475. The number of carbonyl (C=O) groups excluding carboxylic acids is 1. The monoisotopic (exact) mass is 312 g/mol. The number of carboxylic acids is 1. The number of hydrogen-bond donors (Lipinski definition) is 1. The highest BCUT2D eigenvalue weighted by Gasteiger charge is 2.40. The number of aromatic nitrogens is 1. The minimum Gasteiger partial charge on any atom is -0.480 e. The molecule has 1 aromatic rings. The normalized spacial score (nSPS) is 23.1. The second-order valence-corrected chi connectivity index (χ2v) is 5.32. The number of nitrogens with zero attached hydrogens (tertiary/aromatic N) is 2. The zero-order chi connectivity index (χ0) is 13.3. The van der Waals surface area contributed by atoms with Crippen LogP contribution < -0.4 is 0 Å². The molecule has 6 heteroatoms. The molecule has 0 radical (unpaired) electrons. The molecular weight excluding hydrogens is 300 g/mol. The largest absolute Gasteiger partial charge is 0.480 e. The standard InChI is InChI=1S/C12H13BrN2O3/c1-7-4-5-15(10(7)12(17)18)11(16)9-3-2-8(13)6-14-9/h2-3,6-7,10H,4-5H2,1H3,(H,17,18). The van der Waals surface area contributed by atoms with E-state index in [1.54, 1.807) is 12.1 Å². The van der Waals surface area contributed by atoms with Crippen LogP contribution in [0.1, 0.15) is 23.8 Å². The molecule has 1 saturated heterocycles. The number of aliphatic carboxylic acids is 1. The van der Waals surface area contributed by atoms with Crippen LogP contribution in [0.3, 0.4) is 0 Å². The van der Waals surface area contributed by atoms with Crippen LogP contribution in [0, 0.1) is 5.92 Å². The molecule has 2 heterocycles. The summed E-state index contributed by atoms with van der Waals surface area (Å²) < 4.78 is 0.781. The lowest BCUT2D eigenvalue weighted by Crippen LogP contribution is -2.43. The smallest absolute Gasteiger partial charge is 0.326 e. The lowest BCUT2D eigenvalue weighted by molar-refractivity contribution is -0.142. The van der Waals surface area contributed by atoms with Gasteiger partial charge in [-0.25, -0.2) is 9.78 Å². The first-order valence-corrected chi connectivity index (χ1v) is 6.45. The van der Waals surface area contributed by atoms with E-state index in [2.05, 4.69) is 20.9 Å². The van der Waals surface area contributed by atoms with Crippen LogP contribution >= 0.6 is 15.9 Å². The number of halogens is 1. The van der Waals surface area contributed by atoms with E-state index in [0.717, 1.165) is 4.47 Å². The highest BCUT2D eigenvalue weighted by molar-refractivity contribution is 9.10. The molecular formula is C12H13BrN2O3. The molecule has 0 bridgehead atoms. The third kappa shape index (κ3) is 2.38. The number of likely N-dealkylation sites (tertiary alicyclic amines) is 1. The number of pyridine rings is 1. The Morgan fingerprint density at radius 2 is 2.22 bits per heavy atom. The molecule has 0 spiro atoms. The van der Waals surface area contributed by atoms with Gasteiger partial charge >= 0.3 is 5.97 Å². The average molecular weight is 313 g/mol. The number of carboxylic acid groups (broad SMARTS) is 1. The molecule has 2 unspecified atom stereocenters. The van der Waals surface area contributed by atoms with Crippen molar-refractivity contribution in [2.75, 3.05) is 6.54 Å². The molecule has 2 atom stereocenters. The van der Waals surface area contributed by atoms with E-state index in [1.165, 1.54) is 11.1 Å². The lowest BCUT2D eigenvalue weighted by atomic mass is 10.0. The number of amides is 1. The predicted molar refractivity (Wildman–Crippen MR) is 68.2 cm³/mol. The molecule has 0 saturated carbocycles. The number of hydrogen-bond acceptors (Lipinski definition) is 3. The second kappa shape index (κ2) is 5.06. The summed E-state index contributed by atoms with van der Waals surface area (Å²) in [6.07, 6.45) is 2.24. The predicted octanol–water partition coefficient (Wildman–Crippen LogP) is 1.78. The van der Waals surface area contributed by atoms with Crippen molar-refractivity contribution < 1.29 is 14.7 Å². The average Bonchev–Trinajstić information content (AvgIpc) is 2.71. The van der Waals surface area contributed by atoms with E-state index >= 15 is 0 Å². The van der Waals surface area contributed by atoms with Crippen molar-refractivity contribution in [1.82, 2.24) is 9.88 Å². The molecule has 1 aliphatic heterocycles. The summed E-state index contributed by atoms with van der Waals surface area (Å²) in [6.45, 7) is 2.32. The van der Waals surface area contributed by atoms with Gasteiger partial charge < -0.3 is 10.0 Å². The summed E-state index contributed by atoms with van der Waals surface area (Å²) in [4.78, 5) is 28.8. The van der Waals surface area contributed by atoms with Crippen molar-refractivity contribution in [3.63, 3.8) is 0 Å². The second-order valence-electron chi connectivity index (χ2n) is 4.41. The van der Waals surface area contributed by atoms with Crippen LogP contribution in [0.2, 0.25) is 0 Å². The van der Waals surface area contributed by atoms with Gasteiger partial charge in [-0.1, -0.05) is 6.92 Å². The Hall–Kier alpha value is -1.43. The molecule has 1 aliphatic rings. The van der Waals surface area contributed by atoms with Crippen LogP contribution in [0.5, 0.6) is 0 Å². The maximum atomic E-state index is 12.2. The summed E-state index contributed by atoms with van der Waals surface area (Å²) in [5.41, 5.74) is 0.276. The van der Waals surface area contributed by atoms with Gasteiger partial charge in [-0.05, 0) is 40.4 Å². The molecule has 1 amide bonds. The lowest BCUT2D eigenvalue weighted by Gasteiger charge is -2.22. The van der Waals surface area contributed by atoms with Gasteiger partial charge in [0.05, 0.1) is 0 Å². The first-order chi connectivity index (χ1) is 8.50. The Kier molecular flexibility index (Phi) is 3.65. The Balaban J connectivity index is 2.23. The van der Waals surface area contributed by atoms with Crippen LogP contribution in [-0.2, 0) is 4.79 Å². The van der Waals surface area contributed by atoms with E-state index in [0.29, 0.717) is 13.0 Å². The van der Waals surface area contributed by atoms with Gasteiger partial charge in [0.25, 0.3) is 5.91 Å². The highest BCUT2D eigenvalue weighted by atomic mass is 79.9. The van der Waals surface area contributed by atoms with Gasteiger partial charge in [0, 0.05) is 17.2 Å². The molecule has 1 N–H and O–H groups in total.